The Bertz CT molecular complexity index is 794. The molecule has 3 unspecified atom stereocenters. The van der Waals surface area contributed by atoms with Crippen LogP contribution in [-0.4, -0.2) is 68.5 Å². The number of aliphatic hydroxyl groups excluding tert-OH is 1. The Morgan fingerprint density at radius 1 is 0.620 bits per heavy atom. The van der Waals surface area contributed by atoms with Gasteiger partial charge in [-0.15, -0.1) is 0 Å². The molecule has 8 nitrogen and oxygen atoms in total. The Morgan fingerprint density at radius 2 is 0.980 bits per heavy atom. The van der Waals surface area contributed by atoms with Gasteiger partial charge in [-0.3, -0.25) is 9.36 Å². The number of hydrogen-bond acceptors (Lipinski definition) is 6. The van der Waals surface area contributed by atoms with Crippen molar-refractivity contribution in [2.24, 2.45) is 0 Å². The summed E-state index contributed by atoms with van der Waals surface area (Å²) < 4.78 is 22.9. The van der Waals surface area contributed by atoms with Gasteiger partial charge in [-0.25, -0.2) is 0 Å². The van der Waals surface area contributed by atoms with Crippen molar-refractivity contribution in [1.82, 2.24) is 5.32 Å². The molecule has 0 saturated heterocycles. The third-order valence-electron chi connectivity index (χ3n) is 9.85. The molecule has 0 saturated carbocycles. The predicted molar refractivity (Wildman–Crippen MR) is 210 cm³/mol. The van der Waals surface area contributed by atoms with Crippen molar-refractivity contribution in [1.29, 1.82) is 0 Å². The number of nitrogens with one attached hydrogen (secondary N) is 1. The summed E-state index contributed by atoms with van der Waals surface area (Å²) in [6, 6.07) is -0.789. The second-order valence-corrected chi connectivity index (χ2v) is 17.5. The molecule has 0 aliphatic carbocycles. The number of nitrogens with zero attached hydrogens (tertiary/aromatic N) is 1. The molecule has 2 N–H and O–H groups in total. The van der Waals surface area contributed by atoms with E-state index in [2.05, 4.69) is 19.2 Å². The maximum absolute atomic E-state index is 12.7. The van der Waals surface area contributed by atoms with E-state index in [1.807, 2.05) is 21.1 Å². The summed E-state index contributed by atoms with van der Waals surface area (Å²) in [5, 5.41) is 13.5. The zero-order chi connectivity index (χ0) is 37.2. The zero-order valence-corrected chi connectivity index (χ0v) is 34.8. The highest BCUT2D eigenvalue weighted by Crippen LogP contribution is 2.38. The second kappa shape index (κ2) is 34.3. The van der Waals surface area contributed by atoms with Crippen molar-refractivity contribution in [2.75, 3.05) is 40.9 Å². The van der Waals surface area contributed by atoms with Crippen molar-refractivity contribution in [3.8, 4) is 0 Å². The van der Waals surface area contributed by atoms with E-state index in [1.165, 1.54) is 141 Å². The molecule has 0 aliphatic rings. The largest absolute Gasteiger partial charge is 0.756 e. The SMILES string of the molecule is CCCCCCCCCCCCCCCCCCCCCCCCCCCC(=O)NC(COP(=O)([O-])OCC[N+](C)(C)C)C(O)CCCCC. The smallest absolute Gasteiger partial charge is 0.268 e. The minimum absolute atomic E-state index is 0.0138. The van der Waals surface area contributed by atoms with Crippen LogP contribution in [0.1, 0.15) is 206 Å². The van der Waals surface area contributed by atoms with Crippen LogP contribution in [0.3, 0.4) is 0 Å². The maximum atomic E-state index is 12.7. The highest BCUT2D eigenvalue weighted by molar-refractivity contribution is 7.45. The number of carbonyl (C=O) groups is 1. The van der Waals surface area contributed by atoms with Crippen LogP contribution in [0, 0.1) is 0 Å². The lowest BCUT2D eigenvalue weighted by atomic mass is 10.0. The van der Waals surface area contributed by atoms with E-state index in [0.717, 1.165) is 38.5 Å². The molecule has 3 atom stereocenters. The van der Waals surface area contributed by atoms with Gasteiger partial charge < -0.3 is 28.8 Å². The number of phosphoric ester groups is 1. The summed E-state index contributed by atoms with van der Waals surface area (Å²) in [6.45, 7) is 4.56. The summed E-state index contributed by atoms with van der Waals surface area (Å²) in [4.78, 5) is 24.9. The predicted octanol–water partition coefficient (Wildman–Crippen LogP) is 10.8. The minimum Gasteiger partial charge on any atom is -0.756 e. The highest BCUT2D eigenvalue weighted by Gasteiger charge is 2.24. The lowest BCUT2D eigenvalue weighted by molar-refractivity contribution is -0.870. The number of unbranched alkanes of at least 4 members (excludes halogenated alkanes) is 26. The number of rotatable bonds is 39. The number of aliphatic hydroxyl groups is 1. The Labute approximate surface area is 310 Å². The third-order valence-corrected chi connectivity index (χ3v) is 10.8. The van der Waals surface area contributed by atoms with Gasteiger partial charge in [-0.05, 0) is 12.8 Å². The quantitative estimate of drug-likeness (QED) is 0.0370. The summed E-state index contributed by atoms with van der Waals surface area (Å²) in [5.41, 5.74) is 0. The normalized spacial score (nSPS) is 14.5. The minimum atomic E-state index is -4.53. The molecule has 1 amide bonds. The molecule has 0 aromatic heterocycles. The topological polar surface area (TPSA) is 108 Å². The number of quaternary nitrogens is 1. The van der Waals surface area contributed by atoms with Crippen LogP contribution in [-0.2, 0) is 18.4 Å². The summed E-state index contributed by atoms with van der Waals surface area (Å²) in [6.07, 6.45) is 36.4. The Hall–Kier alpha value is -0.500. The van der Waals surface area contributed by atoms with E-state index in [9.17, 15) is 19.4 Å². The van der Waals surface area contributed by atoms with E-state index < -0.39 is 20.0 Å². The van der Waals surface area contributed by atoms with Crippen LogP contribution < -0.4 is 10.2 Å². The fourth-order valence-corrected chi connectivity index (χ4v) is 7.12. The molecule has 0 spiro atoms. The van der Waals surface area contributed by atoms with Crippen molar-refractivity contribution >= 4 is 13.7 Å². The van der Waals surface area contributed by atoms with Gasteiger partial charge in [0.2, 0.25) is 5.91 Å². The molecule has 300 valence electrons. The average molecular weight is 733 g/mol. The van der Waals surface area contributed by atoms with E-state index in [-0.39, 0.29) is 19.1 Å². The number of hydrogen-bond donors (Lipinski definition) is 2. The van der Waals surface area contributed by atoms with Gasteiger partial charge in [0, 0.05) is 6.42 Å². The molecular formula is C41H85N2O6P. The Balaban J connectivity index is 3.81. The monoisotopic (exact) mass is 733 g/mol. The first-order chi connectivity index (χ1) is 24.0. The molecule has 0 aromatic carbocycles. The van der Waals surface area contributed by atoms with Crippen LogP contribution in [0.5, 0.6) is 0 Å². The van der Waals surface area contributed by atoms with Crippen LogP contribution in [0.25, 0.3) is 0 Å². The molecule has 0 aromatic rings. The van der Waals surface area contributed by atoms with Crippen LogP contribution in [0.15, 0.2) is 0 Å². The summed E-state index contributed by atoms with van der Waals surface area (Å²) >= 11 is 0. The second-order valence-electron chi connectivity index (χ2n) is 16.1. The standard InChI is InChI=1S/C41H85N2O6P/c1-6-8-10-11-12-13-14-15-16-17-18-19-20-21-22-23-24-25-26-27-28-29-30-31-33-35-41(45)42-39(40(44)34-32-9-7-2)38-49-50(46,47)48-37-36-43(3,4)5/h39-40,44H,6-38H2,1-5H3,(H-,42,45,46,47). The van der Waals surface area contributed by atoms with Crippen molar-refractivity contribution in [2.45, 2.75) is 219 Å². The summed E-state index contributed by atoms with van der Waals surface area (Å²) in [5.74, 6) is -0.172. The van der Waals surface area contributed by atoms with Gasteiger partial charge in [0.1, 0.15) is 13.2 Å². The molecule has 50 heavy (non-hydrogen) atoms. The molecule has 9 heteroatoms. The van der Waals surface area contributed by atoms with Gasteiger partial charge in [0.05, 0.1) is 39.9 Å². The number of amides is 1. The van der Waals surface area contributed by atoms with Gasteiger partial charge >= 0.3 is 0 Å². The van der Waals surface area contributed by atoms with Crippen molar-refractivity contribution in [3.05, 3.63) is 0 Å². The molecule has 0 rings (SSSR count). The van der Waals surface area contributed by atoms with E-state index >= 15 is 0 Å². The van der Waals surface area contributed by atoms with Crippen LogP contribution in [0.2, 0.25) is 0 Å². The maximum Gasteiger partial charge on any atom is 0.268 e. The third kappa shape index (κ3) is 35.9. The van der Waals surface area contributed by atoms with Crippen LogP contribution in [0.4, 0.5) is 0 Å². The van der Waals surface area contributed by atoms with Crippen molar-refractivity contribution < 1.29 is 32.9 Å². The van der Waals surface area contributed by atoms with Gasteiger partial charge in [0.15, 0.2) is 0 Å². The van der Waals surface area contributed by atoms with Gasteiger partial charge in [0.25, 0.3) is 7.82 Å². The number of carbonyl (C=O) groups excluding carboxylic acids is 1. The number of phosphoric acid groups is 1. The van der Waals surface area contributed by atoms with E-state index in [4.69, 9.17) is 9.05 Å². The molecule has 0 fully saturated rings. The van der Waals surface area contributed by atoms with E-state index in [1.54, 1.807) is 0 Å². The zero-order valence-electron chi connectivity index (χ0n) is 33.9. The Kier molecular flexibility index (Phi) is 33.9. The molecule has 0 aliphatic heterocycles. The summed E-state index contributed by atoms with van der Waals surface area (Å²) in [7, 11) is 1.31. The average Bonchev–Trinajstić information content (AvgIpc) is 3.06. The van der Waals surface area contributed by atoms with Gasteiger partial charge in [-0.2, -0.15) is 0 Å². The fourth-order valence-electron chi connectivity index (χ4n) is 6.39. The molecular weight excluding hydrogens is 647 g/mol. The van der Waals surface area contributed by atoms with Crippen LogP contribution >= 0.6 is 7.82 Å². The lowest BCUT2D eigenvalue weighted by Crippen LogP contribution is -2.46. The van der Waals surface area contributed by atoms with Gasteiger partial charge in [-0.1, -0.05) is 187 Å². The highest BCUT2D eigenvalue weighted by atomic mass is 31.2. The van der Waals surface area contributed by atoms with E-state index in [0.29, 0.717) is 23.9 Å². The molecule has 0 heterocycles. The first-order valence-electron chi connectivity index (χ1n) is 21.4. The molecule has 0 bridgehead atoms. The first kappa shape index (κ1) is 49.5. The lowest BCUT2D eigenvalue weighted by Gasteiger charge is -2.30. The Morgan fingerprint density at radius 3 is 1.36 bits per heavy atom. The number of likely N-dealkylation sites (N-methyl/N-ethyl adjacent to an activating group) is 1. The van der Waals surface area contributed by atoms with Crippen molar-refractivity contribution in [3.63, 3.8) is 0 Å². The fraction of sp³-hybridized carbons (Fsp3) is 0.976. The first-order valence-corrected chi connectivity index (χ1v) is 22.8. The molecule has 0 radical (unpaired) electrons.